The maximum absolute atomic E-state index is 13.4. The van der Waals surface area contributed by atoms with Gasteiger partial charge in [-0.05, 0) is 78.5 Å². The second kappa shape index (κ2) is 10.0. The van der Waals surface area contributed by atoms with E-state index in [-0.39, 0.29) is 30.4 Å². The molecule has 2 saturated carbocycles. The molecule has 2 aromatic rings. The summed E-state index contributed by atoms with van der Waals surface area (Å²) in [4.78, 5) is 12.3. The highest BCUT2D eigenvalue weighted by atomic mass is 19.4. The molecular formula is C29H31F6NO3. The summed E-state index contributed by atoms with van der Waals surface area (Å²) in [6.45, 7) is 1.56. The molecule has 1 heterocycles. The van der Waals surface area contributed by atoms with Crippen LogP contribution in [-0.4, -0.2) is 24.7 Å². The van der Waals surface area contributed by atoms with Crippen LogP contribution in [0.3, 0.4) is 0 Å². The molecule has 2 aliphatic carbocycles. The van der Waals surface area contributed by atoms with E-state index in [4.69, 9.17) is 9.47 Å². The molecule has 2 aromatic carbocycles. The minimum Gasteiger partial charge on any atom is -0.487 e. The van der Waals surface area contributed by atoms with Crippen molar-refractivity contribution in [2.75, 3.05) is 7.11 Å². The lowest BCUT2D eigenvalue weighted by Crippen LogP contribution is -2.58. The van der Waals surface area contributed by atoms with Crippen LogP contribution in [0.4, 0.5) is 26.3 Å². The van der Waals surface area contributed by atoms with Gasteiger partial charge in [0.25, 0.3) is 0 Å². The van der Waals surface area contributed by atoms with Gasteiger partial charge in [0.2, 0.25) is 0 Å². The van der Waals surface area contributed by atoms with Crippen LogP contribution in [0.1, 0.15) is 72.8 Å². The fourth-order valence-corrected chi connectivity index (χ4v) is 6.20. The van der Waals surface area contributed by atoms with Gasteiger partial charge in [0.05, 0.1) is 24.2 Å². The van der Waals surface area contributed by atoms with E-state index in [1.807, 2.05) is 19.1 Å². The number of aryl methyl sites for hydroxylation is 1. The second-order valence-corrected chi connectivity index (χ2v) is 11.2. The Hall–Kier alpha value is -2.75. The van der Waals surface area contributed by atoms with Crippen LogP contribution in [0.15, 0.2) is 36.4 Å². The van der Waals surface area contributed by atoms with Gasteiger partial charge in [-0.1, -0.05) is 19.1 Å². The minimum atomic E-state index is -4.75. The molecule has 0 aromatic heterocycles. The monoisotopic (exact) mass is 555 g/mol. The number of carbonyl (C=O) groups is 1. The fraction of sp³-hybridized carbons (Fsp3) is 0.552. The third-order valence-corrected chi connectivity index (χ3v) is 8.45. The highest BCUT2D eigenvalue weighted by Gasteiger charge is 2.49. The molecule has 0 amide bonds. The van der Waals surface area contributed by atoms with Crippen LogP contribution in [0.2, 0.25) is 0 Å². The smallest absolute Gasteiger partial charge is 0.416 e. The molecule has 5 rings (SSSR count). The molecule has 0 radical (unpaired) electrons. The van der Waals surface area contributed by atoms with Crippen molar-refractivity contribution in [1.82, 2.24) is 5.32 Å². The SMILES string of the molecule is COC(=O)[C@H](C)[C@H](c1ccc2c(c1)OC1(CC2)CC(NCc2cc(C(F)(F)F)ccc2C(F)(F)F)C1)C1CC1. The molecule has 0 bridgehead atoms. The van der Waals surface area contributed by atoms with Crippen molar-refractivity contribution in [3.05, 3.63) is 64.2 Å². The van der Waals surface area contributed by atoms with Crippen molar-refractivity contribution in [2.24, 2.45) is 11.8 Å². The second-order valence-electron chi connectivity index (χ2n) is 11.2. The number of alkyl halides is 6. The first kappa shape index (κ1) is 27.8. The molecule has 39 heavy (non-hydrogen) atoms. The zero-order chi connectivity index (χ0) is 28.2. The topological polar surface area (TPSA) is 47.6 Å². The van der Waals surface area contributed by atoms with E-state index in [9.17, 15) is 31.1 Å². The Morgan fingerprint density at radius 1 is 1.08 bits per heavy atom. The maximum Gasteiger partial charge on any atom is 0.416 e. The van der Waals surface area contributed by atoms with Gasteiger partial charge in [0.15, 0.2) is 0 Å². The number of hydrogen-bond donors (Lipinski definition) is 1. The Morgan fingerprint density at radius 3 is 2.41 bits per heavy atom. The van der Waals surface area contributed by atoms with Crippen molar-refractivity contribution in [2.45, 2.75) is 81.9 Å². The molecule has 2 fully saturated rings. The van der Waals surface area contributed by atoms with Gasteiger partial charge in [-0.15, -0.1) is 0 Å². The first-order valence-corrected chi connectivity index (χ1v) is 13.2. The zero-order valence-electron chi connectivity index (χ0n) is 21.7. The van der Waals surface area contributed by atoms with E-state index in [2.05, 4.69) is 11.4 Å². The summed E-state index contributed by atoms with van der Waals surface area (Å²) < 4.78 is 91.1. The van der Waals surface area contributed by atoms with Crippen molar-refractivity contribution in [1.29, 1.82) is 0 Å². The summed E-state index contributed by atoms with van der Waals surface area (Å²) in [6, 6.07) is 7.47. The minimum absolute atomic E-state index is 0.0373. The third kappa shape index (κ3) is 5.76. The van der Waals surface area contributed by atoms with Gasteiger partial charge in [0.1, 0.15) is 11.4 Å². The Bertz CT molecular complexity index is 1230. The predicted octanol–water partition coefficient (Wildman–Crippen LogP) is 7.04. The summed E-state index contributed by atoms with van der Waals surface area (Å²) in [5.74, 6) is 0.689. The number of fused-ring (bicyclic) bond motifs is 1. The molecule has 1 spiro atoms. The Morgan fingerprint density at radius 2 is 1.79 bits per heavy atom. The number of nitrogens with one attached hydrogen (secondary N) is 1. The van der Waals surface area contributed by atoms with E-state index in [1.165, 1.54) is 7.11 Å². The van der Waals surface area contributed by atoms with Crippen LogP contribution in [-0.2, 0) is 34.8 Å². The first-order valence-electron chi connectivity index (χ1n) is 13.2. The van der Waals surface area contributed by atoms with Crippen LogP contribution < -0.4 is 10.1 Å². The molecule has 10 heteroatoms. The molecular weight excluding hydrogens is 524 g/mol. The van der Waals surface area contributed by atoms with Gasteiger partial charge in [-0.3, -0.25) is 4.79 Å². The maximum atomic E-state index is 13.4. The zero-order valence-corrected chi connectivity index (χ0v) is 21.7. The van der Waals surface area contributed by atoms with Gasteiger partial charge in [-0.2, -0.15) is 26.3 Å². The van der Waals surface area contributed by atoms with Gasteiger partial charge < -0.3 is 14.8 Å². The number of halogens is 6. The van der Waals surface area contributed by atoms with Crippen LogP contribution in [0.5, 0.6) is 5.75 Å². The lowest BCUT2D eigenvalue weighted by molar-refractivity contribution is -0.146. The number of carbonyl (C=O) groups excluding carboxylic acids is 1. The quantitative estimate of drug-likeness (QED) is 0.294. The lowest BCUT2D eigenvalue weighted by atomic mass is 9.70. The van der Waals surface area contributed by atoms with E-state index >= 15 is 0 Å². The number of benzene rings is 2. The third-order valence-electron chi connectivity index (χ3n) is 8.45. The summed E-state index contributed by atoms with van der Waals surface area (Å²) in [5.41, 5.74) is -0.967. The average Bonchev–Trinajstić information content (AvgIpc) is 3.69. The summed E-state index contributed by atoms with van der Waals surface area (Å²) in [6.07, 6.45) is -4.74. The molecule has 0 saturated heterocycles. The summed E-state index contributed by atoms with van der Waals surface area (Å²) >= 11 is 0. The highest BCUT2D eigenvalue weighted by molar-refractivity contribution is 5.73. The van der Waals surface area contributed by atoms with Gasteiger partial charge in [-0.25, -0.2) is 0 Å². The summed E-state index contributed by atoms with van der Waals surface area (Å²) in [5, 5.41) is 3.01. The molecule has 2 atom stereocenters. The van der Waals surface area contributed by atoms with E-state index < -0.39 is 34.6 Å². The first-order chi connectivity index (χ1) is 18.3. The van der Waals surface area contributed by atoms with Crippen molar-refractivity contribution < 1.29 is 40.6 Å². The molecule has 0 unspecified atom stereocenters. The number of ether oxygens (including phenoxy) is 2. The summed E-state index contributed by atoms with van der Waals surface area (Å²) in [7, 11) is 1.39. The standard InChI is InChI=1S/C29H31F6NO3/c1-16(26(37)38-2)25(18-4-5-18)19-6-3-17-9-10-27(39-24(17)12-19)13-22(14-27)36-15-20-11-21(28(30,31)32)7-8-23(20)29(33,34)35/h3,6-8,11-12,16,18,22,25,36H,4-5,9-10,13-15H2,1-2H3/t16-,22?,25+,27?/m1/s1. The predicted molar refractivity (Wildman–Crippen MR) is 131 cm³/mol. The average molecular weight is 556 g/mol. The fourth-order valence-electron chi connectivity index (χ4n) is 6.20. The largest absolute Gasteiger partial charge is 0.487 e. The Labute approximate surface area is 223 Å². The van der Waals surface area contributed by atoms with E-state index in [0.29, 0.717) is 37.0 Å². The van der Waals surface area contributed by atoms with Crippen molar-refractivity contribution in [3.63, 3.8) is 0 Å². The molecule has 1 aliphatic heterocycles. The highest BCUT2D eigenvalue weighted by Crippen LogP contribution is 2.50. The number of rotatable bonds is 7. The van der Waals surface area contributed by atoms with E-state index in [0.717, 1.165) is 42.6 Å². The van der Waals surface area contributed by atoms with E-state index in [1.54, 1.807) is 0 Å². The number of methoxy groups -OCH3 is 1. The number of hydrogen-bond acceptors (Lipinski definition) is 4. The lowest BCUT2D eigenvalue weighted by Gasteiger charge is -2.50. The number of esters is 1. The molecule has 4 nitrogen and oxygen atoms in total. The molecule has 212 valence electrons. The normalized spacial score (nSPS) is 24.4. The van der Waals surface area contributed by atoms with Crippen molar-refractivity contribution >= 4 is 5.97 Å². The molecule has 1 N–H and O–H groups in total. The van der Waals surface area contributed by atoms with Gasteiger partial charge >= 0.3 is 18.3 Å². The van der Waals surface area contributed by atoms with Gasteiger partial charge in [0, 0.05) is 25.4 Å². The van der Waals surface area contributed by atoms with Crippen LogP contribution >= 0.6 is 0 Å². The van der Waals surface area contributed by atoms with Crippen LogP contribution in [0, 0.1) is 11.8 Å². The van der Waals surface area contributed by atoms with Crippen molar-refractivity contribution in [3.8, 4) is 5.75 Å². The van der Waals surface area contributed by atoms with Crippen LogP contribution in [0.25, 0.3) is 0 Å². The Kier molecular flexibility index (Phi) is 7.14. The molecule has 3 aliphatic rings. The Balaban J connectivity index is 1.26.